The Labute approximate surface area is 109 Å². The van der Waals surface area contributed by atoms with Crippen LogP contribution in [0, 0.1) is 6.92 Å². The predicted molar refractivity (Wildman–Crippen MR) is 71.5 cm³/mol. The zero-order valence-electron chi connectivity index (χ0n) is 9.33. The number of amides is 1. The van der Waals surface area contributed by atoms with E-state index >= 15 is 0 Å². The Balaban J connectivity index is 1.88. The van der Waals surface area contributed by atoms with Crippen LogP contribution in [0.5, 0.6) is 0 Å². The summed E-state index contributed by atoms with van der Waals surface area (Å²) in [7, 11) is 0. The first-order valence-corrected chi connectivity index (χ1v) is 7.40. The molecule has 4 heteroatoms. The fourth-order valence-corrected chi connectivity index (χ4v) is 3.31. The Bertz CT molecular complexity index is 369. The number of carbonyl (C=O) groups excluding carboxylic acids is 1. The standard InChI is InChI=1S/C12H16BrNOS/c1-8-2-7-11(16-8)12(15)14-10-5-3-9(13)4-6-10/h2,7,9-10H,3-6H2,1H3,(H,14,15). The minimum absolute atomic E-state index is 0.0936. The van der Waals surface area contributed by atoms with Crippen LogP contribution in [0.1, 0.15) is 40.2 Å². The molecule has 0 saturated heterocycles. The molecule has 16 heavy (non-hydrogen) atoms. The molecule has 1 aromatic rings. The van der Waals surface area contributed by atoms with E-state index in [2.05, 4.69) is 21.2 Å². The number of hydrogen-bond acceptors (Lipinski definition) is 2. The predicted octanol–water partition coefficient (Wildman–Crippen LogP) is 3.49. The number of aryl methyl sites for hydroxylation is 1. The Morgan fingerprint density at radius 2 is 2.06 bits per heavy atom. The molecule has 0 atom stereocenters. The molecule has 1 aliphatic rings. The number of nitrogens with one attached hydrogen (secondary N) is 1. The van der Waals surface area contributed by atoms with E-state index in [1.54, 1.807) is 11.3 Å². The molecule has 0 spiro atoms. The molecule has 0 aliphatic heterocycles. The van der Waals surface area contributed by atoms with Gasteiger partial charge < -0.3 is 5.32 Å². The Hall–Kier alpha value is -0.350. The van der Waals surface area contributed by atoms with E-state index in [1.165, 1.54) is 4.88 Å². The van der Waals surface area contributed by atoms with Gasteiger partial charge in [0.05, 0.1) is 4.88 Å². The summed E-state index contributed by atoms with van der Waals surface area (Å²) in [6.45, 7) is 2.03. The van der Waals surface area contributed by atoms with Crippen LogP contribution in [0.4, 0.5) is 0 Å². The summed E-state index contributed by atoms with van der Waals surface area (Å²) in [5.74, 6) is 0.0936. The minimum atomic E-state index is 0.0936. The van der Waals surface area contributed by atoms with Gasteiger partial charge in [-0.3, -0.25) is 4.79 Å². The van der Waals surface area contributed by atoms with Gasteiger partial charge in [-0.05, 0) is 44.7 Å². The highest BCUT2D eigenvalue weighted by molar-refractivity contribution is 9.09. The largest absolute Gasteiger partial charge is 0.349 e. The van der Waals surface area contributed by atoms with Crippen LogP contribution in [-0.4, -0.2) is 16.8 Å². The van der Waals surface area contributed by atoms with E-state index in [1.807, 2.05) is 19.1 Å². The zero-order valence-corrected chi connectivity index (χ0v) is 11.7. The number of carbonyl (C=O) groups is 1. The summed E-state index contributed by atoms with van der Waals surface area (Å²) in [5, 5.41) is 3.12. The van der Waals surface area contributed by atoms with E-state index in [0.717, 1.165) is 30.6 Å². The van der Waals surface area contributed by atoms with Crippen molar-refractivity contribution < 1.29 is 4.79 Å². The second-order valence-corrected chi connectivity index (χ2v) is 6.92. The molecule has 2 rings (SSSR count). The molecular weight excluding hydrogens is 286 g/mol. The molecule has 1 N–H and O–H groups in total. The van der Waals surface area contributed by atoms with Crippen LogP contribution in [0.15, 0.2) is 12.1 Å². The van der Waals surface area contributed by atoms with Gasteiger partial charge >= 0.3 is 0 Å². The smallest absolute Gasteiger partial charge is 0.261 e. The highest BCUT2D eigenvalue weighted by atomic mass is 79.9. The first kappa shape index (κ1) is 12.1. The molecule has 1 heterocycles. The lowest BCUT2D eigenvalue weighted by atomic mass is 9.95. The molecule has 0 radical (unpaired) electrons. The van der Waals surface area contributed by atoms with E-state index in [9.17, 15) is 4.79 Å². The monoisotopic (exact) mass is 301 g/mol. The highest BCUT2D eigenvalue weighted by Gasteiger charge is 2.21. The molecule has 1 saturated carbocycles. The van der Waals surface area contributed by atoms with Crippen molar-refractivity contribution in [2.45, 2.75) is 43.5 Å². The Morgan fingerprint density at radius 3 is 2.62 bits per heavy atom. The normalized spacial score (nSPS) is 25.4. The Morgan fingerprint density at radius 1 is 1.38 bits per heavy atom. The van der Waals surface area contributed by atoms with E-state index in [0.29, 0.717) is 10.9 Å². The fraction of sp³-hybridized carbons (Fsp3) is 0.583. The van der Waals surface area contributed by atoms with E-state index in [-0.39, 0.29) is 5.91 Å². The van der Waals surface area contributed by atoms with Gasteiger partial charge in [0.1, 0.15) is 0 Å². The van der Waals surface area contributed by atoms with Gasteiger partial charge in [0.15, 0.2) is 0 Å². The van der Waals surface area contributed by atoms with Gasteiger partial charge in [0, 0.05) is 15.7 Å². The lowest BCUT2D eigenvalue weighted by Gasteiger charge is -2.25. The van der Waals surface area contributed by atoms with Gasteiger partial charge in [0.2, 0.25) is 0 Å². The van der Waals surface area contributed by atoms with Crippen LogP contribution in [0.25, 0.3) is 0 Å². The molecule has 1 aromatic heterocycles. The van der Waals surface area contributed by atoms with Crippen LogP contribution >= 0.6 is 27.3 Å². The maximum absolute atomic E-state index is 11.9. The molecule has 88 valence electrons. The molecule has 0 aromatic carbocycles. The zero-order chi connectivity index (χ0) is 11.5. The molecule has 2 nitrogen and oxygen atoms in total. The van der Waals surface area contributed by atoms with Gasteiger partial charge in [-0.1, -0.05) is 15.9 Å². The van der Waals surface area contributed by atoms with Crippen molar-refractivity contribution in [3.05, 3.63) is 21.9 Å². The third-order valence-electron chi connectivity index (χ3n) is 2.96. The summed E-state index contributed by atoms with van der Waals surface area (Å²) in [4.78, 5) is 14.6. The highest BCUT2D eigenvalue weighted by Crippen LogP contribution is 2.24. The molecule has 1 fully saturated rings. The number of hydrogen-bond donors (Lipinski definition) is 1. The van der Waals surface area contributed by atoms with Crippen molar-refractivity contribution >= 4 is 33.2 Å². The average molecular weight is 302 g/mol. The maximum Gasteiger partial charge on any atom is 0.261 e. The molecule has 1 aliphatic carbocycles. The van der Waals surface area contributed by atoms with E-state index in [4.69, 9.17) is 0 Å². The lowest BCUT2D eigenvalue weighted by molar-refractivity contribution is 0.0932. The topological polar surface area (TPSA) is 29.1 Å². The van der Waals surface area contributed by atoms with Crippen molar-refractivity contribution in [1.29, 1.82) is 0 Å². The summed E-state index contributed by atoms with van der Waals surface area (Å²) >= 11 is 5.18. The second-order valence-electron chi connectivity index (χ2n) is 4.33. The van der Waals surface area contributed by atoms with Crippen molar-refractivity contribution in [2.24, 2.45) is 0 Å². The third kappa shape index (κ3) is 3.08. The number of rotatable bonds is 2. The van der Waals surface area contributed by atoms with Crippen molar-refractivity contribution in [3.63, 3.8) is 0 Å². The van der Waals surface area contributed by atoms with Crippen LogP contribution < -0.4 is 5.32 Å². The lowest BCUT2D eigenvalue weighted by Crippen LogP contribution is -2.37. The molecule has 0 bridgehead atoms. The van der Waals surface area contributed by atoms with Gasteiger partial charge in [-0.15, -0.1) is 11.3 Å². The van der Waals surface area contributed by atoms with E-state index < -0.39 is 0 Å². The molecular formula is C12H16BrNOS. The van der Waals surface area contributed by atoms with Gasteiger partial charge in [0.25, 0.3) is 5.91 Å². The average Bonchev–Trinajstić information content (AvgIpc) is 2.68. The summed E-state index contributed by atoms with van der Waals surface area (Å²) < 4.78 is 0. The first-order valence-electron chi connectivity index (χ1n) is 5.66. The van der Waals surface area contributed by atoms with Crippen LogP contribution in [-0.2, 0) is 0 Å². The third-order valence-corrected chi connectivity index (χ3v) is 4.87. The van der Waals surface area contributed by atoms with Crippen LogP contribution in [0.3, 0.4) is 0 Å². The van der Waals surface area contributed by atoms with Crippen molar-refractivity contribution in [1.82, 2.24) is 5.32 Å². The summed E-state index contributed by atoms with van der Waals surface area (Å²) in [5.41, 5.74) is 0. The van der Waals surface area contributed by atoms with Gasteiger partial charge in [-0.25, -0.2) is 0 Å². The SMILES string of the molecule is Cc1ccc(C(=O)NC2CCC(Br)CC2)s1. The fourth-order valence-electron chi connectivity index (χ4n) is 2.01. The first-order chi connectivity index (χ1) is 7.65. The van der Waals surface area contributed by atoms with Crippen molar-refractivity contribution in [2.75, 3.05) is 0 Å². The minimum Gasteiger partial charge on any atom is -0.349 e. The maximum atomic E-state index is 11.9. The summed E-state index contributed by atoms with van der Waals surface area (Å²) in [6, 6.07) is 4.27. The molecule has 0 unspecified atom stereocenters. The van der Waals surface area contributed by atoms with Crippen molar-refractivity contribution in [3.8, 4) is 0 Å². The number of thiophene rings is 1. The second kappa shape index (κ2) is 5.32. The number of halogens is 1. The number of alkyl halides is 1. The summed E-state index contributed by atoms with van der Waals surface area (Å²) in [6.07, 6.45) is 4.50. The molecule has 1 amide bonds. The quantitative estimate of drug-likeness (QED) is 0.833. The van der Waals surface area contributed by atoms with Gasteiger partial charge in [-0.2, -0.15) is 0 Å². The van der Waals surface area contributed by atoms with Crippen LogP contribution in [0.2, 0.25) is 0 Å². The Kier molecular flexibility index (Phi) is 4.03.